The lowest BCUT2D eigenvalue weighted by atomic mass is 10.1. The van der Waals surface area contributed by atoms with Crippen LogP contribution in [-0.4, -0.2) is 28.0 Å². The number of anilines is 2. The molecule has 1 aliphatic rings. The van der Waals surface area contributed by atoms with E-state index >= 15 is 0 Å². The zero-order valence-corrected chi connectivity index (χ0v) is 15.9. The first kappa shape index (κ1) is 18.3. The van der Waals surface area contributed by atoms with Crippen molar-refractivity contribution >= 4 is 27.3 Å². The van der Waals surface area contributed by atoms with E-state index in [-0.39, 0.29) is 10.8 Å². The number of rotatable bonds is 5. The molecule has 1 fully saturated rings. The Balaban J connectivity index is 1.94. The van der Waals surface area contributed by atoms with Crippen LogP contribution in [0.15, 0.2) is 41.3 Å². The number of hydrogen-bond donors (Lipinski definition) is 1. The summed E-state index contributed by atoms with van der Waals surface area (Å²) in [4.78, 5) is 13.9. The monoisotopic (exact) mass is 374 g/mol. The normalized spacial score (nSPS) is 14.6. The van der Waals surface area contributed by atoms with E-state index in [4.69, 9.17) is 4.74 Å². The minimum Gasteiger partial charge on any atom is -0.495 e. The molecular weight excluding hydrogens is 352 g/mol. The number of sulfonamides is 1. The molecule has 3 rings (SSSR count). The molecule has 7 heteroatoms. The van der Waals surface area contributed by atoms with Crippen LogP contribution in [-0.2, 0) is 14.8 Å². The number of carbonyl (C=O) groups is 1. The van der Waals surface area contributed by atoms with E-state index in [1.54, 1.807) is 41.3 Å². The highest BCUT2D eigenvalue weighted by Crippen LogP contribution is 2.34. The topological polar surface area (TPSA) is 75.7 Å². The number of amides is 1. The van der Waals surface area contributed by atoms with Gasteiger partial charge in [0, 0.05) is 13.0 Å². The maximum atomic E-state index is 12.7. The lowest BCUT2D eigenvalue weighted by Gasteiger charge is -2.20. The fourth-order valence-corrected chi connectivity index (χ4v) is 4.10. The molecule has 0 atom stereocenters. The molecular formula is C19H22N2O4S. The van der Waals surface area contributed by atoms with E-state index in [9.17, 15) is 13.2 Å². The van der Waals surface area contributed by atoms with E-state index in [1.165, 1.54) is 7.11 Å². The Morgan fingerprint density at radius 1 is 1.08 bits per heavy atom. The van der Waals surface area contributed by atoms with Crippen molar-refractivity contribution < 1.29 is 17.9 Å². The van der Waals surface area contributed by atoms with Gasteiger partial charge in [-0.25, -0.2) is 8.42 Å². The first-order valence-electron chi connectivity index (χ1n) is 8.40. The fourth-order valence-electron chi connectivity index (χ4n) is 2.96. The highest BCUT2D eigenvalue weighted by Gasteiger charge is 2.25. The molecule has 2 aromatic carbocycles. The summed E-state index contributed by atoms with van der Waals surface area (Å²) < 4.78 is 33.3. The molecule has 0 radical (unpaired) electrons. The second-order valence-corrected chi connectivity index (χ2v) is 8.07. The minimum atomic E-state index is -3.72. The summed E-state index contributed by atoms with van der Waals surface area (Å²) in [5.74, 6) is 0.548. The molecule has 1 heterocycles. The van der Waals surface area contributed by atoms with Crippen molar-refractivity contribution in [2.45, 2.75) is 31.6 Å². The Labute approximate surface area is 153 Å². The van der Waals surface area contributed by atoms with Gasteiger partial charge in [-0.2, -0.15) is 0 Å². The van der Waals surface area contributed by atoms with Gasteiger partial charge in [0.05, 0.1) is 23.4 Å². The molecule has 1 aliphatic heterocycles. The molecule has 1 saturated heterocycles. The quantitative estimate of drug-likeness (QED) is 0.872. The number of nitrogens with one attached hydrogen (secondary N) is 1. The van der Waals surface area contributed by atoms with E-state index in [0.29, 0.717) is 30.1 Å². The second kappa shape index (κ2) is 6.99. The van der Waals surface area contributed by atoms with Crippen LogP contribution in [0.25, 0.3) is 0 Å². The number of methoxy groups -OCH3 is 1. The number of nitrogens with zero attached hydrogens (tertiary/aromatic N) is 1. The standard InChI is InChI=1S/C19H22N2O4S/c1-13-6-8-16(11-14(13)2)26(23,24)20-15-7-9-18(25-3)17(12-15)21-10-4-5-19(21)22/h6-9,11-12,20H,4-5,10H2,1-3H3. The van der Waals surface area contributed by atoms with Crippen LogP contribution in [0.2, 0.25) is 0 Å². The summed E-state index contributed by atoms with van der Waals surface area (Å²) in [6.45, 7) is 4.41. The molecule has 1 N–H and O–H groups in total. The molecule has 26 heavy (non-hydrogen) atoms. The van der Waals surface area contributed by atoms with Crippen LogP contribution in [0, 0.1) is 13.8 Å². The summed E-state index contributed by atoms with van der Waals surface area (Å²) in [5.41, 5.74) is 2.91. The average Bonchev–Trinajstić information content (AvgIpc) is 3.02. The van der Waals surface area contributed by atoms with Gasteiger partial charge in [-0.1, -0.05) is 6.07 Å². The predicted molar refractivity (Wildman–Crippen MR) is 101 cm³/mol. The number of ether oxygens (including phenoxy) is 1. The van der Waals surface area contributed by atoms with Gasteiger partial charge in [0.1, 0.15) is 5.75 Å². The number of carbonyl (C=O) groups excluding carboxylic acids is 1. The van der Waals surface area contributed by atoms with Crippen LogP contribution < -0.4 is 14.4 Å². The first-order chi connectivity index (χ1) is 12.3. The van der Waals surface area contributed by atoms with Crippen LogP contribution in [0.3, 0.4) is 0 Å². The molecule has 1 amide bonds. The van der Waals surface area contributed by atoms with Gasteiger partial charge >= 0.3 is 0 Å². The van der Waals surface area contributed by atoms with Crippen molar-refractivity contribution in [1.29, 1.82) is 0 Å². The third kappa shape index (κ3) is 3.53. The number of hydrogen-bond acceptors (Lipinski definition) is 4. The van der Waals surface area contributed by atoms with E-state index in [1.807, 2.05) is 13.8 Å². The Kier molecular flexibility index (Phi) is 4.91. The summed E-state index contributed by atoms with van der Waals surface area (Å²) in [6, 6.07) is 9.94. The minimum absolute atomic E-state index is 0.0115. The average molecular weight is 374 g/mol. The van der Waals surface area contributed by atoms with Crippen molar-refractivity contribution in [3.8, 4) is 5.75 Å². The highest BCUT2D eigenvalue weighted by molar-refractivity contribution is 7.92. The lowest BCUT2D eigenvalue weighted by molar-refractivity contribution is -0.117. The molecule has 0 bridgehead atoms. The summed E-state index contributed by atoms with van der Waals surface area (Å²) >= 11 is 0. The smallest absolute Gasteiger partial charge is 0.261 e. The van der Waals surface area contributed by atoms with Gasteiger partial charge in [-0.15, -0.1) is 0 Å². The van der Waals surface area contributed by atoms with Crippen molar-refractivity contribution in [3.05, 3.63) is 47.5 Å². The molecule has 0 aliphatic carbocycles. The zero-order chi connectivity index (χ0) is 18.9. The van der Waals surface area contributed by atoms with Gasteiger partial charge in [0.2, 0.25) is 5.91 Å². The Morgan fingerprint density at radius 2 is 1.85 bits per heavy atom. The maximum Gasteiger partial charge on any atom is 0.261 e. The van der Waals surface area contributed by atoms with Gasteiger partial charge in [0.15, 0.2) is 0 Å². The third-order valence-electron chi connectivity index (χ3n) is 4.58. The summed E-state index contributed by atoms with van der Waals surface area (Å²) in [6.07, 6.45) is 1.27. The van der Waals surface area contributed by atoms with E-state index in [0.717, 1.165) is 17.5 Å². The number of aryl methyl sites for hydroxylation is 2. The van der Waals surface area contributed by atoms with E-state index in [2.05, 4.69) is 4.72 Å². The highest BCUT2D eigenvalue weighted by atomic mass is 32.2. The van der Waals surface area contributed by atoms with Gasteiger partial charge < -0.3 is 9.64 Å². The Hall–Kier alpha value is -2.54. The van der Waals surface area contributed by atoms with Crippen LogP contribution in [0.5, 0.6) is 5.75 Å². The molecule has 0 saturated carbocycles. The second-order valence-electron chi connectivity index (χ2n) is 6.39. The Morgan fingerprint density at radius 3 is 2.46 bits per heavy atom. The summed E-state index contributed by atoms with van der Waals surface area (Å²) in [5, 5.41) is 0. The van der Waals surface area contributed by atoms with Crippen LogP contribution >= 0.6 is 0 Å². The summed E-state index contributed by atoms with van der Waals surface area (Å²) in [7, 11) is -2.19. The predicted octanol–water partition coefficient (Wildman–Crippen LogP) is 3.24. The molecule has 2 aromatic rings. The van der Waals surface area contributed by atoms with Gasteiger partial charge in [-0.05, 0) is 61.7 Å². The van der Waals surface area contributed by atoms with Gasteiger partial charge in [0.25, 0.3) is 10.0 Å². The SMILES string of the molecule is COc1ccc(NS(=O)(=O)c2ccc(C)c(C)c2)cc1N1CCCC1=O. The molecule has 0 aromatic heterocycles. The molecule has 6 nitrogen and oxygen atoms in total. The first-order valence-corrected chi connectivity index (χ1v) is 9.88. The van der Waals surface area contributed by atoms with Crippen molar-refractivity contribution in [1.82, 2.24) is 0 Å². The molecule has 0 spiro atoms. The Bertz CT molecular complexity index is 954. The van der Waals surface area contributed by atoms with E-state index < -0.39 is 10.0 Å². The molecule has 0 unspecified atom stereocenters. The zero-order valence-electron chi connectivity index (χ0n) is 15.1. The van der Waals surface area contributed by atoms with Crippen molar-refractivity contribution in [2.24, 2.45) is 0 Å². The van der Waals surface area contributed by atoms with Crippen molar-refractivity contribution in [2.75, 3.05) is 23.3 Å². The molecule has 138 valence electrons. The lowest BCUT2D eigenvalue weighted by Crippen LogP contribution is -2.24. The van der Waals surface area contributed by atoms with Crippen molar-refractivity contribution in [3.63, 3.8) is 0 Å². The number of benzene rings is 2. The fraction of sp³-hybridized carbons (Fsp3) is 0.316. The van der Waals surface area contributed by atoms with Gasteiger partial charge in [-0.3, -0.25) is 9.52 Å². The maximum absolute atomic E-state index is 12.7. The van der Waals surface area contributed by atoms with Crippen LogP contribution in [0.4, 0.5) is 11.4 Å². The third-order valence-corrected chi connectivity index (χ3v) is 5.96. The largest absolute Gasteiger partial charge is 0.495 e. The van der Waals surface area contributed by atoms with Crippen LogP contribution in [0.1, 0.15) is 24.0 Å².